The van der Waals surface area contributed by atoms with Crippen LogP contribution in [-0.4, -0.2) is 70.0 Å². The second-order valence-corrected chi connectivity index (χ2v) is 29.8. The SMILES string of the molecule is CCCCCCC/C=C\C/C=C\CCCCCCCCCCCCCCCCCCCCCC(=O)OC(COC(=O)CCCCCCCCCCCCCCCCCCCCCCCCC/C=C\CCCCCCCCCC)COP(=O)([O-])OCC[N+](C)(C)C. The van der Waals surface area contributed by atoms with E-state index in [-0.39, 0.29) is 32.0 Å². The van der Waals surface area contributed by atoms with Gasteiger partial charge in [0.2, 0.25) is 0 Å². The normalized spacial score (nSPS) is 13.2. The summed E-state index contributed by atoms with van der Waals surface area (Å²) < 4.78 is 34.4. The molecule has 0 spiro atoms. The zero-order chi connectivity index (χ0) is 65.5. The minimum Gasteiger partial charge on any atom is -0.756 e. The molecule has 0 aliphatic carbocycles. The molecule has 532 valence electrons. The summed E-state index contributed by atoms with van der Waals surface area (Å²) in [6.07, 6.45) is 92.7. The first-order valence-corrected chi connectivity index (χ1v) is 41.2. The Morgan fingerprint density at radius 1 is 0.344 bits per heavy atom. The van der Waals surface area contributed by atoms with Crippen molar-refractivity contribution in [2.45, 2.75) is 418 Å². The van der Waals surface area contributed by atoms with Gasteiger partial charge in [-0.2, -0.15) is 0 Å². The average Bonchev–Trinajstić information content (AvgIpc) is 3.58. The van der Waals surface area contributed by atoms with E-state index in [0.29, 0.717) is 17.4 Å². The fourth-order valence-corrected chi connectivity index (χ4v) is 12.8. The number of hydrogen-bond acceptors (Lipinski definition) is 8. The highest BCUT2D eigenvalue weighted by atomic mass is 31.2. The van der Waals surface area contributed by atoms with Crippen LogP contribution in [0.2, 0.25) is 0 Å². The molecule has 0 fully saturated rings. The minimum absolute atomic E-state index is 0.0274. The van der Waals surface area contributed by atoms with Crippen molar-refractivity contribution in [2.75, 3.05) is 47.5 Å². The second-order valence-electron chi connectivity index (χ2n) is 28.4. The predicted octanol–water partition coefficient (Wildman–Crippen LogP) is 25.5. The quantitative estimate of drug-likeness (QED) is 0.0195. The van der Waals surface area contributed by atoms with E-state index in [0.717, 1.165) is 38.5 Å². The highest BCUT2D eigenvalue weighted by molar-refractivity contribution is 7.45. The van der Waals surface area contributed by atoms with Crippen molar-refractivity contribution in [2.24, 2.45) is 0 Å². The lowest BCUT2D eigenvalue weighted by Crippen LogP contribution is -2.37. The van der Waals surface area contributed by atoms with Gasteiger partial charge in [0.05, 0.1) is 27.7 Å². The Bertz CT molecular complexity index is 1610. The molecule has 0 heterocycles. The maximum absolute atomic E-state index is 12.9. The van der Waals surface area contributed by atoms with E-state index in [1.54, 1.807) is 0 Å². The van der Waals surface area contributed by atoms with Gasteiger partial charge >= 0.3 is 11.9 Å². The van der Waals surface area contributed by atoms with Crippen LogP contribution in [-0.2, 0) is 32.7 Å². The zero-order valence-corrected chi connectivity index (χ0v) is 61.8. The first-order chi connectivity index (χ1) is 44.0. The number of unbranched alkanes of at least 4 members (excludes halogenated alkanes) is 55. The molecule has 2 atom stereocenters. The van der Waals surface area contributed by atoms with Crippen molar-refractivity contribution in [3.63, 3.8) is 0 Å². The van der Waals surface area contributed by atoms with Crippen molar-refractivity contribution in [3.05, 3.63) is 36.5 Å². The number of carbonyl (C=O) groups is 2. The van der Waals surface area contributed by atoms with Gasteiger partial charge in [-0.1, -0.05) is 365 Å². The molecule has 0 aliphatic heterocycles. The number of allylic oxidation sites excluding steroid dienone is 6. The third-order valence-electron chi connectivity index (χ3n) is 18.1. The van der Waals surface area contributed by atoms with E-state index >= 15 is 0 Å². The fraction of sp³-hybridized carbons (Fsp3) is 0.900. The topological polar surface area (TPSA) is 111 Å². The van der Waals surface area contributed by atoms with Crippen LogP contribution in [0.5, 0.6) is 0 Å². The molecule has 0 aromatic carbocycles. The summed E-state index contributed by atoms with van der Waals surface area (Å²) in [6, 6.07) is 0. The molecule has 0 aromatic rings. The number of phosphoric acid groups is 1. The number of likely N-dealkylation sites (N-methyl/N-ethyl adjacent to an activating group) is 1. The lowest BCUT2D eigenvalue weighted by Gasteiger charge is -2.28. The average molecular weight is 1290 g/mol. The lowest BCUT2D eigenvalue weighted by atomic mass is 10.0. The number of nitrogens with zero attached hydrogens (tertiary/aromatic N) is 1. The maximum atomic E-state index is 12.9. The lowest BCUT2D eigenvalue weighted by molar-refractivity contribution is -0.870. The van der Waals surface area contributed by atoms with Gasteiger partial charge in [0.1, 0.15) is 19.8 Å². The molecule has 0 N–H and O–H groups in total. The summed E-state index contributed by atoms with van der Waals surface area (Å²) >= 11 is 0. The molecule has 0 bridgehead atoms. The summed E-state index contributed by atoms with van der Waals surface area (Å²) in [5.74, 6) is -0.808. The van der Waals surface area contributed by atoms with Crippen LogP contribution in [0, 0.1) is 0 Å². The molecule has 0 aliphatic rings. The Hall–Kier alpha value is -1.77. The van der Waals surface area contributed by atoms with Crippen LogP contribution in [0.25, 0.3) is 0 Å². The molecule has 0 saturated carbocycles. The Morgan fingerprint density at radius 2 is 0.600 bits per heavy atom. The van der Waals surface area contributed by atoms with Gasteiger partial charge in [-0.3, -0.25) is 14.2 Å². The number of quaternary nitrogens is 1. The summed E-state index contributed by atoms with van der Waals surface area (Å²) in [4.78, 5) is 38.2. The molecule has 0 amide bonds. The molecule has 0 radical (unpaired) electrons. The number of carbonyl (C=O) groups excluding carboxylic acids is 2. The van der Waals surface area contributed by atoms with Gasteiger partial charge in [0.15, 0.2) is 6.10 Å². The predicted molar refractivity (Wildman–Crippen MR) is 388 cm³/mol. The van der Waals surface area contributed by atoms with E-state index < -0.39 is 26.5 Å². The van der Waals surface area contributed by atoms with Crippen LogP contribution in [0.4, 0.5) is 0 Å². The highest BCUT2D eigenvalue weighted by Gasteiger charge is 2.22. The molecule has 0 aromatic heterocycles. The standard InChI is InChI=1S/C80H154NO8P/c1-6-8-10-12-14-16-18-20-22-24-26-28-30-32-34-36-38-39-40-41-43-44-46-48-50-52-54-56-58-60-62-64-66-68-70-72-79(82)86-76-78(77-88-90(84,85)87-75-74-81(3,4)5)89-80(83)73-71-69-67-65-63-61-59-57-55-53-51-49-47-45-42-37-35-33-31-29-27-25-23-21-19-17-15-13-11-9-7-2/h19,21,24-27,78H,6-18,20,22-23,28-77H2,1-5H3/b21-19-,26-24-,27-25-. The molecular weight excluding hydrogens is 1130 g/mol. The van der Waals surface area contributed by atoms with Crippen LogP contribution < -0.4 is 4.89 Å². The van der Waals surface area contributed by atoms with Crippen molar-refractivity contribution >= 4 is 19.8 Å². The largest absolute Gasteiger partial charge is 0.756 e. The van der Waals surface area contributed by atoms with Crippen molar-refractivity contribution in [1.82, 2.24) is 0 Å². The molecule has 9 nitrogen and oxygen atoms in total. The molecule has 0 rings (SSSR count). The summed E-state index contributed by atoms with van der Waals surface area (Å²) in [6.45, 7) is 4.31. The Labute approximate surface area is 561 Å². The van der Waals surface area contributed by atoms with Crippen LogP contribution in [0.15, 0.2) is 36.5 Å². The van der Waals surface area contributed by atoms with Crippen LogP contribution >= 0.6 is 7.82 Å². The maximum Gasteiger partial charge on any atom is 0.306 e. The number of esters is 2. The van der Waals surface area contributed by atoms with E-state index in [2.05, 4.69) is 50.3 Å². The van der Waals surface area contributed by atoms with Crippen LogP contribution in [0.1, 0.15) is 412 Å². The smallest absolute Gasteiger partial charge is 0.306 e. The Kier molecular flexibility index (Phi) is 70.1. The van der Waals surface area contributed by atoms with Gasteiger partial charge in [-0.15, -0.1) is 0 Å². The first kappa shape index (κ1) is 88.2. The molecule has 90 heavy (non-hydrogen) atoms. The van der Waals surface area contributed by atoms with E-state index in [1.807, 2.05) is 21.1 Å². The number of ether oxygens (including phenoxy) is 2. The Balaban J connectivity index is 3.91. The highest BCUT2D eigenvalue weighted by Crippen LogP contribution is 2.38. The summed E-state index contributed by atoms with van der Waals surface area (Å²) in [7, 11) is 1.19. The minimum atomic E-state index is -4.64. The van der Waals surface area contributed by atoms with E-state index in [9.17, 15) is 19.0 Å². The molecule has 2 unspecified atom stereocenters. The zero-order valence-electron chi connectivity index (χ0n) is 60.9. The fourth-order valence-electron chi connectivity index (χ4n) is 12.0. The molecule has 0 saturated heterocycles. The van der Waals surface area contributed by atoms with Crippen molar-refractivity contribution in [1.29, 1.82) is 0 Å². The number of rotatable bonds is 75. The summed E-state index contributed by atoms with van der Waals surface area (Å²) in [5, 5.41) is 0. The van der Waals surface area contributed by atoms with Crippen LogP contribution in [0.3, 0.4) is 0 Å². The summed E-state index contributed by atoms with van der Waals surface area (Å²) in [5.41, 5.74) is 0. The monoisotopic (exact) mass is 1290 g/mol. The van der Waals surface area contributed by atoms with Crippen molar-refractivity contribution in [3.8, 4) is 0 Å². The van der Waals surface area contributed by atoms with Crippen molar-refractivity contribution < 1.29 is 42.1 Å². The molecular formula is C80H154NO8P. The van der Waals surface area contributed by atoms with Gasteiger partial charge in [-0.05, 0) is 70.6 Å². The number of hydrogen-bond donors (Lipinski definition) is 0. The van der Waals surface area contributed by atoms with E-state index in [4.69, 9.17) is 18.5 Å². The third kappa shape index (κ3) is 75.3. The van der Waals surface area contributed by atoms with Gasteiger partial charge in [0, 0.05) is 12.8 Å². The Morgan fingerprint density at radius 3 is 0.889 bits per heavy atom. The second kappa shape index (κ2) is 71.5. The number of phosphoric ester groups is 1. The first-order valence-electron chi connectivity index (χ1n) is 39.7. The van der Waals surface area contributed by atoms with Gasteiger partial charge in [-0.25, -0.2) is 0 Å². The molecule has 10 heteroatoms. The van der Waals surface area contributed by atoms with E-state index in [1.165, 1.54) is 340 Å². The third-order valence-corrected chi connectivity index (χ3v) is 19.1. The van der Waals surface area contributed by atoms with Gasteiger partial charge in [0.25, 0.3) is 7.82 Å². The van der Waals surface area contributed by atoms with Gasteiger partial charge < -0.3 is 27.9 Å².